The van der Waals surface area contributed by atoms with Crippen LogP contribution in [-0.2, 0) is 4.74 Å². The Kier molecular flexibility index (Phi) is 4.14. The molecule has 23 heavy (non-hydrogen) atoms. The zero-order chi connectivity index (χ0) is 16.2. The van der Waals surface area contributed by atoms with Gasteiger partial charge in [0.1, 0.15) is 11.5 Å². The quantitative estimate of drug-likeness (QED) is 0.749. The van der Waals surface area contributed by atoms with E-state index in [2.05, 4.69) is 15.2 Å². The van der Waals surface area contributed by atoms with Gasteiger partial charge in [-0.1, -0.05) is 12.1 Å². The van der Waals surface area contributed by atoms with Gasteiger partial charge in [0, 0.05) is 17.3 Å². The first-order chi connectivity index (χ1) is 11.2. The zero-order valence-corrected chi connectivity index (χ0v) is 12.4. The van der Waals surface area contributed by atoms with Crippen molar-refractivity contribution in [3.63, 3.8) is 0 Å². The molecule has 5 nitrogen and oxygen atoms in total. The minimum Gasteiger partial charge on any atom is -0.461 e. The summed E-state index contributed by atoms with van der Waals surface area (Å²) in [5.41, 5.74) is 2.99. The number of pyridine rings is 1. The summed E-state index contributed by atoms with van der Waals surface area (Å²) in [5, 5.41) is 6.72. The van der Waals surface area contributed by atoms with Gasteiger partial charge in [0.05, 0.1) is 18.0 Å². The third-order valence-electron chi connectivity index (χ3n) is 3.25. The largest absolute Gasteiger partial charge is 0.461 e. The Morgan fingerprint density at radius 2 is 2.04 bits per heavy atom. The minimum absolute atomic E-state index is 0.288. The van der Waals surface area contributed by atoms with Gasteiger partial charge in [-0.3, -0.25) is 10.1 Å². The zero-order valence-electron chi connectivity index (χ0n) is 12.4. The number of aromatic nitrogens is 3. The molecule has 0 saturated heterocycles. The molecular formula is C17H14FN3O2. The fourth-order valence-corrected chi connectivity index (χ4v) is 2.15. The summed E-state index contributed by atoms with van der Waals surface area (Å²) in [6.45, 7) is 2.04. The predicted octanol–water partition coefficient (Wildman–Crippen LogP) is 3.45. The van der Waals surface area contributed by atoms with Crippen molar-refractivity contribution in [3.8, 4) is 22.5 Å². The van der Waals surface area contributed by atoms with Crippen molar-refractivity contribution < 1.29 is 13.9 Å². The Morgan fingerprint density at radius 1 is 1.17 bits per heavy atom. The van der Waals surface area contributed by atoms with E-state index in [-0.39, 0.29) is 11.5 Å². The number of benzene rings is 1. The summed E-state index contributed by atoms with van der Waals surface area (Å²) in [5.74, 6) is -0.754. The van der Waals surface area contributed by atoms with Crippen LogP contribution in [-0.4, -0.2) is 27.8 Å². The number of H-pyrrole nitrogens is 1. The van der Waals surface area contributed by atoms with Crippen LogP contribution in [0.15, 0.2) is 48.7 Å². The summed E-state index contributed by atoms with van der Waals surface area (Å²) in [7, 11) is 0. The van der Waals surface area contributed by atoms with E-state index >= 15 is 0 Å². The monoisotopic (exact) mass is 311 g/mol. The molecule has 0 fully saturated rings. The Balaban J connectivity index is 1.84. The van der Waals surface area contributed by atoms with Gasteiger partial charge >= 0.3 is 5.97 Å². The molecular weight excluding hydrogens is 297 g/mol. The molecule has 3 rings (SSSR count). The highest BCUT2D eigenvalue weighted by Gasteiger charge is 2.12. The smallest absolute Gasteiger partial charge is 0.356 e. The SMILES string of the molecule is CCOC(=O)c1cc(-c2ccc(-c3cccc(F)c3)nc2)n[nH]1. The predicted molar refractivity (Wildman–Crippen MR) is 83.2 cm³/mol. The van der Waals surface area contributed by atoms with Crippen molar-refractivity contribution in [2.75, 3.05) is 6.61 Å². The summed E-state index contributed by atoms with van der Waals surface area (Å²) in [4.78, 5) is 15.9. The molecule has 0 aliphatic carbocycles. The molecule has 0 aliphatic heterocycles. The van der Waals surface area contributed by atoms with Gasteiger partial charge < -0.3 is 4.74 Å². The highest BCUT2D eigenvalue weighted by molar-refractivity contribution is 5.88. The van der Waals surface area contributed by atoms with Crippen LogP contribution in [0.1, 0.15) is 17.4 Å². The molecule has 0 atom stereocenters. The Bertz CT molecular complexity index is 828. The number of hydrogen-bond donors (Lipinski definition) is 1. The topological polar surface area (TPSA) is 67.9 Å². The highest BCUT2D eigenvalue weighted by atomic mass is 19.1. The standard InChI is InChI=1S/C17H14FN3O2/c1-2-23-17(22)16-9-15(20-21-16)12-6-7-14(19-10-12)11-4-3-5-13(18)8-11/h3-10H,2H2,1H3,(H,20,21). The molecule has 116 valence electrons. The number of hydrogen-bond acceptors (Lipinski definition) is 4. The lowest BCUT2D eigenvalue weighted by Crippen LogP contribution is -2.04. The maximum Gasteiger partial charge on any atom is 0.356 e. The third-order valence-corrected chi connectivity index (χ3v) is 3.25. The van der Waals surface area contributed by atoms with E-state index in [9.17, 15) is 9.18 Å². The van der Waals surface area contributed by atoms with Gasteiger partial charge in [0.15, 0.2) is 0 Å². The van der Waals surface area contributed by atoms with Crippen LogP contribution in [0.3, 0.4) is 0 Å². The van der Waals surface area contributed by atoms with Gasteiger partial charge in [-0.2, -0.15) is 5.10 Å². The second-order valence-corrected chi connectivity index (χ2v) is 4.83. The minimum atomic E-state index is -0.449. The number of esters is 1. The second kappa shape index (κ2) is 6.39. The van der Waals surface area contributed by atoms with E-state index in [0.717, 1.165) is 5.56 Å². The van der Waals surface area contributed by atoms with Crippen LogP contribution >= 0.6 is 0 Å². The molecule has 2 aromatic heterocycles. The number of rotatable bonds is 4. The van der Waals surface area contributed by atoms with Crippen LogP contribution < -0.4 is 0 Å². The molecule has 6 heteroatoms. The van der Waals surface area contributed by atoms with Crippen LogP contribution in [0.5, 0.6) is 0 Å². The van der Waals surface area contributed by atoms with E-state index in [4.69, 9.17) is 4.74 Å². The number of carbonyl (C=O) groups excluding carboxylic acids is 1. The molecule has 0 unspecified atom stereocenters. The second-order valence-electron chi connectivity index (χ2n) is 4.83. The van der Waals surface area contributed by atoms with Gasteiger partial charge in [-0.05, 0) is 37.3 Å². The molecule has 0 spiro atoms. The summed E-state index contributed by atoms with van der Waals surface area (Å²) >= 11 is 0. The average Bonchev–Trinajstić information content (AvgIpc) is 3.05. The number of nitrogens with one attached hydrogen (secondary N) is 1. The van der Waals surface area contributed by atoms with Gasteiger partial charge in [0.25, 0.3) is 0 Å². The number of carbonyl (C=O) groups is 1. The first-order valence-corrected chi connectivity index (χ1v) is 7.12. The van der Waals surface area contributed by atoms with Crippen molar-refractivity contribution in [2.24, 2.45) is 0 Å². The summed E-state index contributed by atoms with van der Waals surface area (Å²) < 4.78 is 18.2. The maximum atomic E-state index is 13.3. The Morgan fingerprint density at radius 3 is 2.74 bits per heavy atom. The number of halogens is 1. The van der Waals surface area contributed by atoms with Gasteiger partial charge in [0.2, 0.25) is 0 Å². The average molecular weight is 311 g/mol. The van der Waals surface area contributed by atoms with E-state index in [1.54, 1.807) is 37.4 Å². The number of aromatic amines is 1. The normalized spacial score (nSPS) is 10.5. The van der Waals surface area contributed by atoms with E-state index < -0.39 is 5.97 Å². The first kappa shape index (κ1) is 14.9. The lowest BCUT2D eigenvalue weighted by Gasteiger charge is -2.02. The van der Waals surface area contributed by atoms with E-state index in [1.807, 2.05) is 6.07 Å². The maximum absolute atomic E-state index is 13.3. The molecule has 0 amide bonds. The van der Waals surface area contributed by atoms with Crippen molar-refractivity contribution in [2.45, 2.75) is 6.92 Å². The summed E-state index contributed by atoms with van der Waals surface area (Å²) in [6, 6.07) is 11.4. The molecule has 2 heterocycles. The lowest BCUT2D eigenvalue weighted by molar-refractivity contribution is 0.0519. The Labute approximate surface area is 132 Å². The molecule has 3 aromatic rings. The number of nitrogens with zero attached hydrogens (tertiary/aromatic N) is 2. The van der Waals surface area contributed by atoms with Crippen molar-refractivity contribution in [3.05, 3.63) is 60.2 Å². The van der Waals surface area contributed by atoms with Crippen LogP contribution in [0.25, 0.3) is 22.5 Å². The molecule has 0 bridgehead atoms. The van der Waals surface area contributed by atoms with Crippen molar-refractivity contribution >= 4 is 5.97 Å². The summed E-state index contributed by atoms with van der Waals surface area (Å²) in [6.07, 6.45) is 1.63. The Hall–Kier alpha value is -3.02. The van der Waals surface area contributed by atoms with Crippen molar-refractivity contribution in [1.82, 2.24) is 15.2 Å². The third kappa shape index (κ3) is 3.26. The number of ether oxygens (including phenoxy) is 1. The van der Waals surface area contributed by atoms with Gasteiger partial charge in [-0.25, -0.2) is 9.18 Å². The fourth-order valence-electron chi connectivity index (χ4n) is 2.15. The molecule has 0 aliphatic rings. The molecule has 1 aromatic carbocycles. The molecule has 0 radical (unpaired) electrons. The fraction of sp³-hybridized carbons (Fsp3) is 0.118. The lowest BCUT2D eigenvalue weighted by atomic mass is 10.1. The molecule has 0 saturated carbocycles. The van der Waals surface area contributed by atoms with Crippen molar-refractivity contribution in [1.29, 1.82) is 0 Å². The highest BCUT2D eigenvalue weighted by Crippen LogP contribution is 2.22. The van der Waals surface area contributed by atoms with E-state index in [1.165, 1.54) is 12.1 Å². The van der Waals surface area contributed by atoms with E-state index in [0.29, 0.717) is 23.6 Å². The first-order valence-electron chi connectivity index (χ1n) is 7.12. The van der Waals surface area contributed by atoms with Crippen LogP contribution in [0.2, 0.25) is 0 Å². The van der Waals surface area contributed by atoms with Gasteiger partial charge in [-0.15, -0.1) is 0 Å². The van der Waals surface area contributed by atoms with Crippen LogP contribution in [0.4, 0.5) is 4.39 Å². The molecule has 1 N–H and O–H groups in total. The van der Waals surface area contributed by atoms with Crippen LogP contribution in [0, 0.1) is 5.82 Å².